The third-order valence-corrected chi connectivity index (χ3v) is 5.32. The standard InChI is InChI=1S/C19H20N4O2S/c1-3-15(17(24)22-16-11-7-8-12-20-16)26-19-21-14-10-6-5-9-13(14)18(25)23(19)4-2/h5-12,15H,3-4H2,1-2H3,(H,20,22,24). The van der Waals surface area contributed by atoms with E-state index in [-0.39, 0.29) is 16.7 Å². The van der Waals surface area contributed by atoms with Crippen LogP contribution in [-0.4, -0.2) is 25.7 Å². The van der Waals surface area contributed by atoms with Gasteiger partial charge in [-0.05, 0) is 37.6 Å². The molecule has 134 valence electrons. The molecule has 0 aliphatic rings. The van der Waals surface area contributed by atoms with Gasteiger partial charge in [-0.25, -0.2) is 9.97 Å². The molecular formula is C19H20N4O2S. The molecule has 0 saturated heterocycles. The van der Waals surface area contributed by atoms with Crippen molar-refractivity contribution in [2.45, 2.75) is 37.2 Å². The second-order valence-corrected chi connectivity index (χ2v) is 6.85. The average Bonchev–Trinajstić information content (AvgIpc) is 2.67. The van der Waals surface area contributed by atoms with Crippen LogP contribution in [0.2, 0.25) is 0 Å². The number of fused-ring (bicyclic) bond motifs is 1. The molecule has 0 aliphatic heterocycles. The monoisotopic (exact) mass is 368 g/mol. The maximum absolute atomic E-state index is 12.7. The van der Waals surface area contributed by atoms with Crippen LogP contribution in [0.4, 0.5) is 5.82 Å². The minimum atomic E-state index is -0.372. The highest BCUT2D eigenvalue weighted by Crippen LogP contribution is 2.25. The maximum atomic E-state index is 12.7. The Morgan fingerprint density at radius 1 is 1.19 bits per heavy atom. The molecule has 1 amide bonds. The van der Waals surface area contributed by atoms with Gasteiger partial charge in [0.2, 0.25) is 5.91 Å². The number of nitrogens with zero attached hydrogens (tertiary/aromatic N) is 3. The molecule has 0 saturated carbocycles. The molecule has 3 aromatic rings. The third-order valence-electron chi connectivity index (χ3n) is 3.97. The maximum Gasteiger partial charge on any atom is 0.262 e. The lowest BCUT2D eigenvalue weighted by Gasteiger charge is -2.17. The summed E-state index contributed by atoms with van der Waals surface area (Å²) < 4.78 is 1.61. The Labute approximate surface area is 155 Å². The minimum absolute atomic E-state index is 0.0828. The zero-order valence-corrected chi connectivity index (χ0v) is 15.5. The molecule has 1 aromatic carbocycles. The van der Waals surface area contributed by atoms with E-state index in [0.717, 1.165) is 0 Å². The van der Waals surface area contributed by atoms with Gasteiger partial charge in [0.1, 0.15) is 5.82 Å². The number of amides is 1. The van der Waals surface area contributed by atoms with E-state index in [4.69, 9.17) is 0 Å². The number of pyridine rings is 1. The molecule has 3 rings (SSSR count). The number of thioether (sulfide) groups is 1. The van der Waals surface area contributed by atoms with Crippen LogP contribution in [0, 0.1) is 0 Å². The number of rotatable bonds is 6. The Balaban J connectivity index is 1.90. The van der Waals surface area contributed by atoms with Crippen molar-refractivity contribution in [2.75, 3.05) is 5.32 Å². The van der Waals surface area contributed by atoms with Crippen molar-refractivity contribution in [3.05, 3.63) is 59.0 Å². The highest BCUT2D eigenvalue weighted by molar-refractivity contribution is 8.00. The van der Waals surface area contributed by atoms with Crippen LogP contribution in [0.3, 0.4) is 0 Å². The lowest BCUT2D eigenvalue weighted by molar-refractivity contribution is -0.115. The second kappa shape index (κ2) is 8.14. The normalized spacial score (nSPS) is 12.1. The molecule has 1 N–H and O–H groups in total. The smallest absolute Gasteiger partial charge is 0.262 e. The number of carbonyl (C=O) groups is 1. The van der Waals surface area contributed by atoms with E-state index >= 15 is 0 Å². The Bertz CT molecular complexity index is 972. The molecule has 1 atom stereocenters. The average molecular weight is 368 g/mol. The Hall–Kier alpha value is -2.67. The summed E-state index contributed by atoms with van der Waals surface area (Å²) in [7, 11) is 0. The molecule has 0 bridgehead atoms. The molecule has 1 unspecified atom stereocenters. The minimum Gasteiger partial charge on any atom is -0.310 e. The van der Waals surface area contributed by atoms with Gasteiger partial charge in [-0.15, -0.1) is 0 Å². The van der Waals surface area contributed by atoms with E-state index in [0.29, 0.717) is 34.8 Å². The molecule has 2 aromatic heterocycles. The van der Waals surface area contributed by atoms with E-state index in [2.05, 4.69) is 15.3 Å². The van der Waals surface area contributed by atoms with Gasteiger partial charge in [0.25, 0.3) is 5.56 Å². The number of aromatic nitrogens is 3. The van der Waals surface area contributed by atoms with Crippen LogP contribution in [-0.2, 0) is 11.3 Å². The van der Waals surface area contributed by atoms with Gasteiger partial charge < -0.3 is 5.32 Å². The van der Waals surface area contributed by atoms with Gasteiger partial charge in [0.05, 0.1) is 16.2 Å². The predicted octanol–water partition coefficient (Wildman–Crippen LogP) is 3.32. The Morgan fingerprint density at radius 3 is 2.65 bits per heavy atom. The second-order valence-electron chi connectivity index (χ2n) is 5.68. The van der Waals surface area contributed by atoms with E-state index in [1.165, 1.54) is 11.8 Å². The molecule has 6 nitrogen and oxygen atoms in total. The number of carbonyl (C=O) groups excluding carboxylic acids is 1. The van der Waals surface area contributed by atoms with Crippen LogP contribution in [0.5, 0.6) is 0 Å². The zero-order chi connectivity index (χ0) is 18.5. The third kappa shape index (κ3) is 3.77. The quantitative estimate of drug-likeness (QED) is 0.533. The van der Waals surface area contributed by atoms with Crippen LogP contribution in [0.25, 0.3) is 10.9 Å². The fourth-order valence-corrected chi connectivity index (χ4v) is 3.69. The first kappa shape index (κ1) is 18.1. The molecule has 2 heterocycles. The number of hydrogen-bond acceptors (Lipinski definition) is 5. The van der Waals surface area contributed by atoms with E-state index < -0.39 is 0 Å². The van der Waals surface area contributed by atoms with E-state index in [1.807, 2.05) is 38.1 Å². The highest BCUT2D eigenvalue weighted by atomic mass is 32.2. The van der Waals surface area contributed by atoms with Crippen LogP contribution >= 0.6 is 11.8 Å². The van der Waals surface area contributed by atoms with Crippen molar-refractivity contribution in [1.82, 2.24) is 14.5 Å². The lowest BCUT2D eigenvalue weighted by Crippen LogP contribution is -2.28. The summed E-state index contributed by atoms with van der Waals surface area (Å²) in [5.41, 5.74) is 0.560. The molecule has 0 spiro atoms. The number of para-hydroxylation sites is 1. The number of anilines is 1. The lowest BCUT2D eigenvalue weighted by atomic mass is 10.2. The van der Waals surface area contributed by atoms with Gasteiger partial charge in [0, 0.05) is 12.7 Å². The van der Waals surface area contributed by atoms with Crippen LogP contribution in [0.1, 0.15) is 20.3 Å². The molecule has 0 fully saturated rings. The summed E-state index contributed by atoms with van der Waals surface area (Å²) in [5.74, 6) is 0.358. The number of nitrogens with one attached hydrogen (secondary N) is 1. The highest BCUT2D eigenvalue weighted by Gasteiger charge is 2.22. The van der Waals surface area contributed by atoms with E-state index in [1.54, 1.807) is 29.0 Å². The van der Waals surface area contributed by atoms with Crippen molar-refractivity contribution >= 4 is 34.4 Å². The summed E-state index contributed by atoms with van der Waals surface area (Å²) in [4.78, 5) is 34.1. The first-order chi connectivity index (χ1) is 12.6. The predicted molar refractivity (Wildman–Crippen MR) is 104 cm³/mol. The topological polar surface area (TPSA) is 76.9 Å². The van der Waals surface area contributed by atoms with Crippen LogP contribution < -0.4 is 10.9 Å². The first-order valence-electron chi connectivity index (χ1n) is 8.52. The van der Waals surface area contributed by atoms with Crippen molar-refractivity contribution in [3.8, 4) is 0 Å². The Morgan fingerprint density at radius 2 is 1.96 bits per heavy atom. The molecular weight excluding hydrogens is 348 g/mol. The summed E-state index contributed by atoms with van der Waals surface area (Å²) >= 11 is 1.31. The van der Waals surface area contributed by atoms with Crippen molar-refractivity contribution in [1.29, 1.82) is 0 Å². The van der Waals surface area contributed by atoms with Gasteiger partial charge in [-0.3, -0.25) is 14.2 Å². The molecule has 0 radical (unpaired) electrons. The summed E-state index contributed by atoms with van der Waals surface area (Å²) in [6, 6.07) is 12.6. The van der Waals surface area contributed by atoms with Crippen molar-refractivity contribution in [3.63, 3.8) is 0 Å². The van der Waals surface area contributed by atoms with Gasteiger partial charge in [0.15, 0.2) is 5.16 Å². The zero-order valence-electron chi connectivity index (χ0n) is 14.7. The van der Waals surface area contributed by atoms with E-state index in [9.17, 15) is 9.59 Å². The molecule has 0 aliphatic carbocycles. The Kier molecular flexibility index (Phi) is 5.68. The summed E-state index contributed by atoms with van der Waals surface area (Å²) in [6.45, 7) is 4.33. The van der Waals surface area contributed by atoms with Crippen molar-refractivity contribution < 1.29 is 4.79 Å². The number of hydrogen-bond donors (Lipinski definition) is 1. The summed E-state index contributed by atoms with van der Waals surface area (Å²) in [5, 5.41) is 3.59. The molecule has 26 heavy (non-hydrogen) atoms. The van der Waals surface area contributed by atoms with Gasteiger partial charge in [-0.1, -0.05) is 36.9 Å². The van der Waals surface area contributed by atoms with Crippen molar-refractivity contribution in [2.24, 2.45) is 0 Å². The molecule has 7 heteroatoms. The first-order valence-corrected chi connectivity index (χ1v) is 9.40. The largest absolute Gasteiger partial charge is 0.310 e. The number of benzene rings is 1. The van der Waals surface area contributed by atoms with Crippen LogP contribution in [0.15, 0.2) is 58.6 Å². The fourth-order valence-electron chi connectivity index (χ4n) is 2.61. The fraction of sp³-hybridized carbons (Fsp3) is 0.263. The SMILES string of the molecule is CCC(Sc1nc2ccccc2c(=O)n1CC)C(=O)Nc1ccccn1. The summed E-state index contributed by atoms with van der Waals surface area (Å²) in [6.07, 6.45) is 2.24. The van der Waals surface area contributed by atoms with Gasteiger partial charge in [-0.2, -0.15) is 0 Å². The van der Waals surface area contributed by atoms with Gasteiger partial charge >= 0.3 is 0 Å².